The Kier molecular flexibility index (Phi) is 8.97. The van der Waals surface area contributed by atoms with Crippen LogP contribution in [-0.2, 0) is 20.7 Å². The van der Waals surface area contributed by atoms with Crippen LogP contribution in [0.4, 0.5) is 17.2 Å². The van der Waals surface area contributed by atoms with E-state index in [4.69, 9.17) is 15.2 Å². The van der Waals surface area contributed by atoms with Crippen molar-refractivity contribution in [1.29, 1.82) is 0 Å². The van der Waals surface area contributed by atoms with E-state index in [1.54, 1.807) is 12.3 Å². The molecule has 2 aromatic rings. The molecule has 0 fully saturated rings. The van der Waals surface area contributed by atoms with Crippen molar-refractivity contribution in [3.63, 3.8) is 0 Å². The van der Waals surface area contributed by atoms with Crippen LogP contribution in [0.5, 0.6) is 0 Å². The van der Waals surface area contributed by atoms with Crippen molar-refractivity contribution in [3.8, 4) is 0 Å². The largest absolute Gasteiger partial charge is 0.385 e. The van der Waals surface area contributed by atoms with Gasteiger partial charge in [-0.3, -0.25) is 9.59 Å². The first-order chi connectivity index (χ1) is 15.6. The van der Waals surface area contributed by atoms with Crippen LogP contribution in [0.15, 0.2) is 30.5 Å². The van der Waals surface area contributed by atoms with Crippen LogP contribution in [0.25, 0.3) is 0 Å². The van der Waals surface area contributed by atoms with E-state index in [-0.39, 0.29) is 24.8 Å². The highest BCUT2D eigenvalue weighted by molar-refractivity contribution is 6.10. The average Bonchev–Trinajstić information content (AvgIpc) is 2.79. The number of benzene rings is 1. The number of fused-ring (bicyclic) bond motifs is 1. The molecule has 1 aromatic heterocycles. The lowest BCUT2D eigenvalue weighted by atomic mass is 9.98. The molecule has 172 valence electrons. The molecule has 0 radical (unpaired) electrons. The van der Waals surface area contributed by atoms with Crippen LogP contribution in [-0.4, -0.2) is 56.3 Å². The molecule has 0 spiro atoms. The summed E-state index contributed by atoms with van der Waals surface area (Å²) in [5, 5.41) is 9.01. The Morgan fingerprint density at radius 2 is 1.94 bits per heavy atom. The molecule has 32 heavy (non-hydrogen) atoms. The number of hydrogen-bond acceptors (Lipinski definition) is 7. The predicted molar refractivity (Wildman–Crippen MR) is 124 cm³/mol. The minimum atomic E-state index is -0.321. The van der Waals surface area contributed by atoms with Gasteiger partial charge in [0.15, 0.2) is 0 Å². The summed E-state index contributed by atoms with van der Waals surface area (Å²) in [5.41, 5.74) is 9.20. The summed E-state index contributed by atoms with van der Waals surface area (Å²) in [7, 11) is 0. The van der Waals surface area contributed by atoms with Crippen molar-refractivity contribution in [3.05, 3.63) is 47.2 Å². The highest BCUT2D eigenvalue weighted by Gasteiger charge is 2.19. The first-order valence-electron chi connectivity index (χ1n) is 10.9. The summed E-state index contributed by atoms with van der Waals surface area (Å²) >= 11 is 0. The number of carbonyl (C=O) groups excluding carboxylic acids is 2. The summed E-state index contributed by atoms with van der Waals surface area (Å²) in [6, 6.07) is 7.29. The van der Waals surface area contributed by atoms with E-state index in [0.29, 0.717) is 43.4 Å². The third kappa shape index (κ3) is 7.01. The number of aryl methyl sites for hydroxylation is 2. The highest BCUT2D eigenvalue weighted by Crippen LogP contribution is 2.30. The maximum atomic E-state index is 13.0. The fraction of sp³-hybridized carbons (Fsp3) is 0.435. The van der Waals surface area contributed by atoms with Crippen LogP contribution >= 0.6 is 0 Å². The molecule has 2 heterocycles. The van der Waals surface area contributed by atoms with Gasteiger partial charge in [0.2, 0.25) is 5.91 Å². The fourth-order valence-electron chi connectivity index (χ4n) is 3.32. The van der Waals surface area contributed by atoms with Gasteiger partial charge in [0.1, 0.15) is 5.82 Å². The normalized spacial score (nSPS) is 12.6. The molecule has 1 aromatic carbocycles. The van der Waals surface area contributed by atoms with E-state index in [1.807, 2.05) is 25.1 Å². The summed E-state index contributed by atoms with van der Waals surface area (Å²) in [5.74, 6) is -0.0940. The molecule has 9 heteroatoms. The van der Waals surface area contributed by atoms with Crippen LogP contribution < -0.4 is 21.7 Å². The standard InChI is InChI=1S/C23H31N5O4/c1-16-4-5-21(26-15-16)28-23(30)18-13-17-3-2-8-25-19(17)14-20(18)27-22(29)6-9-31-11-12-32-10-7-24/h4-5,13-15,25H,2-3,6-12,24H2,1H3,(H,27,29)(H,26,28,30). The van der Waals surface area contributed by atoms with Crippen molar-refractivity contribution in [2.45, 2.75) is 26.2 Å². The number of rotatable bonds is 11. The zero-order valence-electron chi connectivity index (χ0n) is 18.4. The van der Waals surface area contributed by atoms with Gasteiger partial charge < -0.3 is 31.2 Å². The second-order valence-electron chi connectivity index (χ2n) is 7.57. The monoisotopic (exact) mass is 441 g/mol. The SMILES string of the molecule is Cc1ccc(NC(=O)c2cc3c(cc2NC(=O)CCOCCOCCN)NCCC3)nc1. The number of aromatic nitrogens is 1. The highest BCUT2D eigenvalue weighted by atomic mass is 16.5. The van der Waals surface area contributed by atoms with Crippen LogP contribution in [0.2, 0.25) is 0 Å². The molecule has 0 atom stereocenters. The van der Waals surface area contributed by atoms with Crippen molar-refractivity contribution in [2.24, 2.45) is 5.73 Å². The lowest BCUT2D eigenvalue weighted by molar-refractivity contribution is -0.117. The van der Waals surface area contributed by atoms with Gasteiger partial charge >= 0.3 is 0 Å². The first kappa shape index (κ1) is 23.6. The molecule has 5 N–H and O–H groups in total. The van der Waals surface area contributed by atoms with E-state index < -0.39 is 0 Å². The van der Waals surface area contributed by atoms with Crippen molar-refractivity contribution in [1.82, 2.24) is 4.98 Å². The molecule has 1 aliphatic rings. The first-order valence-corrected chi connectivity index (χ1v) is 10.9. The third-order valence-electron chi connectivity index (χ3n) is 4.96. The van der Waals surface area contributed by atoms with E-state index in [1.165, 1.54) is 0 Å². The molecule has 3 rings (SSSR count). The van der Waals surface area contributed by atoms with Crippen LogP contribution in [0.1, 0.15) is 34.3 Å². The molecule has 0 aliphatic carbocycles. The van der Waals surface area contributed by atoms with Crippen molar-refractivity contribution < 1.29 is 19.1 Å². The lowest BCUT2D eigenvalue weighted by Crippen LogP contribution is -2.22. The van der Waals surface area contributed by atoms with Gasteiger partial charge in [-0.2, -0.15) is 0 Å². The minimum Gasteiger partial charge on any atom is -0.385 e. The number of nitrogens with two attached hydrogens (primary N) is 1. The summed E-state index contributed by atoms with van der Waals surface area (Å²) in [6.07, 6.45) is 3.73. The quantitative estimate of drug-likeness (QED) is 0.394. The molecular weight excluding hydrogens is 410 g/mol. The zero-order valence-corrected chi connectivity index (χ0v) is 18.4. The molecule has 1 aliphatic heterocycles. The molecule has 0 bridgehead atoms. The smallest absolute Gasteiger partial charge is 0.258 e. The Morgan fingerprint density at radius 1 is 1.12 bits per heavy atom. The van der Waals surface area contributed by atoms with Gasteiger partial charge in [0, 0.05) is 25.0 Å². The number of carbonyl (C=O) groups is 2. The summed E-state index contributed by atoms with van der Waals surface area (Å²) in [6.45, 7) is 4.84. The average molecular weight is 442 g/mol. The van der Waals surface area contributed by atoms with Gasteiger partial charge in [-0.05, 0) is 49.1 Å². The van der Waals surface area contributed by atoms with Crippen LogP contribution in [0, 0.1) is 6.92 Å². The summed E-state index contributed by atoms with van der Waals surface area (Å²) in [4.78, 5) is 29.7. The molecule has 0 unspecified atom stereocenters. The van der Waals surface area contributed by atoms with Crippen molar-refractivity contribution in [2.75, 3.05) is 55.5 Å². The number of pyridine rings is 1. The Balaban J connectivity index is 1.65. The van der Waals surface area contributed by atoms with E-state index >= 15 is 0 Å². The maximum Gasteiger partial charge on any atom is 0.258 e. The van der Waals surface area contributed by atoms with Gasteiger partial charge in [-0.25, -0.2) is 4.98 Å². The Bertz CT molecular complexity index is 917. The fourth-order valence-corrected chi connectivity index (χ4v) is 3.32. The Morgan fingerprint density at radius 3 is 2.69 bits per heavy atom. The number of anilines is 3. The number of hydrogen-bond donors (Lipinski definition) is 4. The topological polar surface area (TPSA) is 128 Å². The molecule has 0 saturated carbocycles. The second-order valence-corrected chi connectivity index (χ2v) is 7.57. The second kappa shape index (κ2) is 12.1. The van der Waals surface area contributed by atoms with Gasteiger partial charge in [-0.15, -0.1) is 0 Å². The number of amides is 2. The van der Waals surface area contributed by atoms with Crippen LogP contribution in [0.3, 0.4) is 0 Å². The number of ether oxygens (including phenoxy) is 2. The predicted octanol–water partition coefficient (Wildman–Crippen LogP) is 2.32. The van der Waals surface area contributed by atoms with Gasteiger partial charge in [0.05, 0.1) is 44.1 Å². The van der Waals surface area contributed by atoms with E-state index in [2.05, 4.69) is 20.9 Å². The van der Waals surface area contributed by atoms with Gasteiger partial charge in [-0.1, -0.05) is 6.07 Å². The lowest BCUT2D eigenvalue weighted by Gasteiger charge is -2.21. The Labute approximate surface area is 188 Å². The molecule has 9 nitrogen and oxygen atoms in total. The maximum absolute atomic E-state index is 13.0. The summed E-state index contributed by atoms with van der Waals surface area (Å²) < 4.78 is 10.6. The van der Waals surface area contributed by atoms with E-state index in [0.717, 1.165) is 36.2 Å². The van der Waals surface area contributed by atoms with E-state index in [9.17, 15) is 9.59 Å². The molecule has 2 amide bonds. The van der Waals surface area contributed by atoms with Gasteiger partial charge in [0.25, 0.3) is 5.91 Å². The number of nitrogens with zero attached hydrogens (tertiary/aromatic N) is 1. The zero-order chi connectivity index (χ0) is 22.8. The third-order valence-corrected chi connectivity index (χ3v) is 4.96. The molecule has 0 saturated heterocycles. The van der Waals surface area contributed by atoms with Crippen molar-refractivity contribution >= 4 is 29.0 Å². The number of nitrogens with one attached hydrogen (secondary N) is 3. The minimum absolute atomic E-state index is 0.169. The Hall–Kier alpha value is -3.01. The molecular formula is C23H31N5O4.